The lowest BCUT2D eigenvalue weighted by atomic mass is 9.59. The molecule has 0 amide bonds. The second kappa shape index (κ2) is 11.2. The zero-order chi connectivity index (χ0) is 27.9. The van der Waals surface area contributed by atoms with Gasteiger partial charge in [0.05, 0.1) is 28.3 Å². The molecular formula is C30H56O6. The fourth-order valence-electron chi connectivity index (χ4n) is 6.56. The van der Waals surface area contributed by atoms with Crippen LogP contribution in [0, 0.1) is 41.4 Å². The van der Waals surface area contributed by atoms with Gasteiger partial charge in [0.2, 0.25) is 0 Å². The van der Waals surface area contributed by atoms with Crippen molar-refractivity contribution in [3.63, 3.8) is 0 Å². The first-order chi connectivity index (χ1) is 16.1. The van der Waals surface area contributed by atoms with E-state index >= 15 is 0 Å². The van der Waals surface area contributed by atoms with Crippen LogP contribution in [-0.2, 0) is 9.53 Å². The van der Waals surface area contributed by atoms with E-state index in [2.05, 4.69) is 0 Å². The molecule has 212 valence electrons. The van der Waals surface area contributed by atoms with Crippen LogP contribution in [0.25, 0.3) is 0 Å². The van der Waals surface area contributed by atoms with Crippen LogP contribution in [0.2, 0.25) is 0 Å². The molecule has 0 aliphatic heterocycles. The average Bonchev–Trinajstić information content (AvgIpc) is 2.73. The fourth-order valence-corrected chi connectivity index (χ4v) is 6.56. The summed E-state index contributed by atoms with van der Waals surface area (Å²) >= 11 is 0. The highest BCUT2D eigenvalue weighted by atomic mass is 16.5. The lowest BCUT2D eigenvalue weighted by Crippen LogP contribution is -2.51. The van der Waals surface area contributed by atoms with E-state index in [-0.39, 0.29) is 47.4 Å². The Balaban J connectivity index is 2.51. The summed E-state index contributed by atoms with van der Waals surface area (Å²) in [5, 5.41) is 43.9. The average molecular weight is 513 g/mol. The first-order valence-electron chi connectivity index (χ1n) is 14.2. The minimum atomic E-state index is -0.911. The van der Waals surface area contributed by atoms with E-state index in [0.717, 1.165) is 12.8 Å². The van der Waals surface area contributed by atoms with E-state index in [4.69, 9.17) is 4.74 Å². The van der Waals surface area contributed by atoms with Gasteiger partial charge >= 0.3 is 5.97 Å². The molecule has 0 aromatic rings. The Morgan fingerprint density at radius 1 is 0.667 bits per heavy atom. The number of hydrogen-bond acceptors (Lipinski definition) is 6. The van der Waals surface area contributed by atoms with E-state index in [1.807, 2.05) is 69.2 Å². The quantitative estimate of drug-likeness (QED) is 0.321. The summed E-state index contributed by atoms with van der Waals surface area (Å²) < 4.78 is 6.36. The summed E-state index contributed by atoms with van der Waals surface area (Å²) in [5.41, 5.74) is -3.65. The largest absolute Gasteiger partial charge is 0.462 e. The molecule has 6 heteroatoms. The van der Waals surface area contributed by atoms with Gasteiger partial charge < -0.3 is 25.2 Å². The van der Waals surface area contributed by atoms with Gasteiger partial charge in [0.25, 0.3) is 0 Å². The van der Waals surface area contributed by atoms with Gasteiger partial charge in [-0.3, -0.25) is 4.79 Å². The maximum atomic E-state index is 13.2. The zero-order valence-corrected chi connectivity index (χ0v) is 24.7. The Kier molecular flexibility index (Phi) is 9.81. The lowest BCUT2D eigenvalue weighted by molar-refractivity contribution is -0.171. The minimum Gasteiger partial charge on any atom is -0.462 e. The number of aliphatic hydroxyl groups is 4. The predicted octanol–water partition coefficient (Wildman–Crippen LogP) is 5.09. The van der Waals surface area contributed by atoms with Crippen molar-refractivity contribution in [3.05, 3.63) is 0 Å². The third-order valence-electron chi connectivity index (χ3n) is 9.68. The molecule has 4 N–H and O–H groups in total. The highest BCUT2D eigenvalue weighted by molar-refractivity contribution is 5.72. The summed E-state index contributed by atoms with van der Waals surface area (Å²) in [5.74, 6) is -0.594. The van der Waals surface area contributed by atoms with Crippen LogP contribution < -0.4 is 0 Å². The molecule has 0 spiro atoms. The fraction of sp³-hybridized carbons (Fsp3) is 0.967. The summed E-state index contributed by atoms with van der Waals surface area (Å²) in [6.07, 6.45) is 4.60. The van der Waals surface area contributed by atoms with Crippen LogP contribution in [0.4, 0.5) is 0 Å². The molecule has 2 saturated carbocycles. The number of ether oxygens (including phenoxy) is 1. The number of esters is 1. The van der Waals surface area contributed by atoms with Gasteiger partial charge in [0, 0.05) is 0 Å². The molecule has 0 saturated heterocycles. The SMILES string of the molecule is CCC(C)C(=O)OC(C1CC(C(C)(C)O)CC(C(C)(C)O)C1)C1CC(C(C)(C)O)CC(C(C)(C)O)C1. The molecule has 5 atom stereocenters. The highest BCUT2D eigenvalue weighted by Crippen LogP contribution is 2.50. The first kappa shape index (κ1) is 31.5. The normalized spacial score (nSPS) is 32.6. The molecule has 0 aromatic carbocycles. The van der Waals surface area contributed by atoms with Crippen molar-refractivity contribution in [1.82, 2.24) is 0 Å². The Morgan fingerprint density at radius 3 is 1.17 bits per heavy atom. The number of rotatable bonds is 9. The van der Waals surface area contributed by atoms with Crippen molar-refractivity contribution in [1.29, 1.82) is 0 Å². The molecule has 6 nitrogen and oxygen atoms in total. The summed E-state index contributed by atoms with van der Waals surface area (Å²) in [4.78, 5) is 13.2. The number of hydrogen-bond donors (Lipinski definition) is 4. The van der Waals surface area contributed by atoms with Crippen LogP contribution in [0.3, 0.4) is 0 Å². The van der Waals surface area contributed by atoms with Gasteiger partial charge in [-0.2, -0.15) is 0 Å². The second-order valence-electron chi connectivity index (χ2n) is 14.5. The highest BCUT2D eigenvalue weighted by Gasteiger charge is 2.50. The van der Waals surface area contributed by atoms with E-state index in [9.17, 15) is 25.2 Å². The Bertz CT molecular complexity index is 626. The molecule has 5 unspecified atom stereocenters. The van der Waals surface area contributed by atoms with Crippen LogP contribution in [0.15, 0.2) is 0 Å². The third-order valence-corrected chi connectivity index (χ3v) is 9.68. The van der Waals surface area contributed by atoms with Gasteiger partial charge in [-0.05, 0) is 136 Å². The maximum Gasteiger partial charge on any atom is 0.308 e. The smallest absolute Gasteiger partial charge is 0.308 e. The summed E-state index contributed by atoms with van der Waals surface area (Å²) in [7, 11) is 0. The summed E-state index contributed by atoms with van der Waals surface area (Å²) in [6.45, 7) is 18.5. The molecule has 2 aliphatic rings. The van der Waals surface area contributed by atoms with Gasteiger partial charge in [0.15, 0.2) is 0 Å². The molecule has 0 bridgehead atoms. The minimum absolute atomic E-state index is 0.0207. The van der Waals surface area contributed by atoms with Crippen LogP contribution in [0.5, 0.6) is 0 Å². The standard InChI is InChI=1S/C30H56O6/c1-11-18(2)26(31)36-25(19-12-21(27(3,4)32)16-22(13-19)28(5,6)33)20-14-23(29(7,8)34)17-24(15-20)30(9,10)35/h18-25,32-35H,11-17H2,1-10H3. The van der Waals surface area contributed by atoms with E-state index in [0.29, 0.717) is 32.1 Å². The van der Waals surface area contributed by atoms with Gasteiger partial charge in [-0.1, -0.05) is 13.8 Å². The molecule has 0 heterocycles. The van der Waals surface area contributed by atoms with Gasteiger partial charge in [-0.15, -0.1) is 0 Å². The first-order valence-corrected chi connectivity index (χ1v) is 14.2. The maximum absolute atomic E-state index is 13.2. The van der Waals surface area contributed by atoms with Crippen molar-refractivity contribution in [3.8, 4) is 0 Å². The lowest BCUT2D eigenvalue weighted by Gasteiger charge is -2.50. The molecule has 2 rings (SSSR count). The van der Waals surface area contributed by atoms with E-state index in [1.54, 1.807) is 0 Å². The van der Waals surface area contributed by atoms with Crippen LogP contribution in [-0.4, -0.2) is 54.9 Å². The zero-order valence-electron chi connectivity index (χ0n) is 24.7. The Labute approximate surface area is 220 Å². The number of carbonyl (C=O) groups excluding carboxylic acids is 1. The number of carbonyl (C=O) groups is 1. The Hall–Kier alpha value is -0.690. The van der Waals surface area contributed by atoms with Crippen molar-refractivity contribution in [2.45, 2.75) is 143 Å². The topological polar surface area (TPSA) is 107 Å². The van der Waals surface area contributed by atoms with Crippen LogP contribution in [0.1, 0.15) is 114 Å². The van der Waals surface area contributed by atoms with Crippen molar-refractivity contribution in [2.75, 3.05) is 0 Å². The third kappa shape index (κ3) is 8.15. The molecule has 2 fully saturated rings. The summed E-state index contributed by atoms with van der Waals surface area (Å²) in [6, 6.07) is 0. The molecular weight excluding hydrogens is 456 g/mol. The van der Waals surface area contributed by atoms with Crippen LogP contribution >= 0.6 is 0 Å². The monoisotopic (exact) mass is 512 g/mol. The predicted molar refractivity (Wildman–Crippen MR) is 143 cm³/mol. The van der Waals surface area contributed by atoms with Gasteiger partial charge in [-0.25, -0.2) is 0 Å². The van der Waals surface area contributed by atoms with Gasteiger partial charge in [0.1, 0.15) is 6.10 Å². The van der Waals surface area contributed by atoms with E-state index in [1.165, 1.54) is 0 Å². The Morgan fingerprint density at radius 2 is 0.944 bits per heavy atom. The van der Waals surface area contributed by atoms with E-state index < -0.39 is 28.5 Å². The molecule has 36 heavy (non-hydrogen) atoms. The molecule has 2 aliphatic carbocycles. The molecule has 0 radical (unpaired) electrons. The van der Waals surface area contributed by atoms with Crippen molar-refractivity contribution >= 4 is 5.97 Å². The molecule has 0 aromatic heterocycles. The van der Waals surface area contributed by atoms with Crippen molar-refractivity contribution in [2.24, 2.45) is 41.4 Å². The van der Waals surface area contributed by atoms with Crippen molar-refractivity contribution < 1.29 is 30.0 Å². The second-order valence-corrected chi connectivity index (χ2v) is 14.5.